The van der Waals surface area contributed by atoms with Crippen LogP contribution in [0.1, 0.15) is 29.1 Å². The Labute approximate surface area is 107 Å². The van der Waals surface area contributed by atoms with Gasteiger partial charge < -0.3 is 13.7 Å². The Hall–Kier alpha value is -1.83. The lowest BCUT2D eigenvalue weighted by molar-refractivity contribution is 0.0475. The van der Waals surface area contributed by atoms with Crippen LogP contribution in [0.4, 0.5) is 0 Å². The molecular formula is C10H11N3O4S. The fourth-order valence-corrected chi connectivity index (χ4v) is 1.80. The summed E-state index contributed by atoms with van der Waals surface area (Å²) in [5.74, 6) is 0.444. The van der Waals surface area contributed by atoms with E-state index in [1.807, 2.05) is 13.0 Å². The van der Waals surface area contributed by atoms with Gasteiger partial charge >= 0.3 is 11.9 Å². The lowest BCUT2D eigenvalue weighted by atomic mass is 10.4. The normalized spacial score (nSPS) is 10.6. The third kappa shape index (κ3) is 3.10. The van der Waals surface area contributed by atoms with E-state index >= 15 is 0 Å². The summed E-state index contributed by atoms with van der Waals surface area (Å²) in [6, 6.07) is 1.82. The number of thioether (sulfide) groups is 1. The maximum atomic E-state index is 11.3. The van der Waals surface area contributed by atoms with Crippen LogP contribution in [0.15, 0.2) is 20.2 Å². The lowest BCUT2D eigenvalue weighted by Gasteiger charge is -1.94. The molecule has 0 fully saturated rings. The third-order valence-electron chi connectivity index (χ3n) is 1.87. The number of aromatic nitrogens is 3. The number of ether oxygens (including phenoxy) is 1. The topological polar surface area (TPSA) is 91.2 Å². The van der Waals surface area contributed by atoms with Gasteiger partial charge in [-0.05, 0) is 13.8 Å². The van der Waals surface area contributed by atoms with Crippen LogP contribution in [0.3, 0.4) is 0 Å². The van der Waals surface area contributed by atoms with Crippen LogP contribution in [0, 0.1) is 6.92 Å². The first-order chi connectivity index (χ1) is 8.69. The van der Waals surface area contributed by atoms with Gasteiger partial charge in [0.1, 0.15) is 5.76 Å². The zero-order valence-corrected chi connectivity index (χ0v) is 10.7. The molecule has 18 heavy (non-hydrogen) atoms. The van der Waals surface area contributed by atoms with Crippen molar-refractivity contribution in [2.45, 2.75) is 24.8 Å². The van der Waals surface area contributed by atoms with Crippen LogP contribution in [-0.4, -0.2) is 27.9 Å². The average molecular weight is 269 g/mol. The molecule has 2 heterocycles. The minimum absolute atomic E-state index is 0.145. The van der Waals surface area contributed by atoms with Gasteiger partial charge in [0, 0.05) is 6.07 Å². The van der Waals surface area contributed by atoms with Crippen LogP contribution < -0.4 is 0 Å². The maximum absolute atomic E-state index is 11.3. The quantitative estimate of drug-likeness (QED) is 0.599. The van der Waals surface area contributed by atoms with Gasteiger partial charge in [-0.2, -0.15) is 0 Å². The predicted octanol–water partition coefficient (Wildman–Crippen LogP) is 1.84. The number of esters is 1. The molecule has 0 aliphatic rings. The molecule has 0 aromatic carbocycles. The summed E-state index contributed by atoms with van der Waals surface area (Å²) in [7, 11) is 0. The van der Waals surface area contributed by atoms with Gasteiger partial charge in [-0.15, -0.1) is 5.10 Å². The smallest absolute Gasteiger partial charge is 0.396 e. The van der Waals surface area contributed by atoms with Crippen LogP contribution in [0.5, 0.6) is 0 Å². The van der Waals surface area contributed by atoms with E-state index in [0.717, 1.165) is 5.69 Å². The summed E-state index contributed by atoms with van der Waals surface area (Å²) in [4.78, 5) is 11.3. The maximum Gasteiger partial charge on any atom is 0.396 e. The molecule has 2 aromatic rings. The van der Waals surface area contributed by atoms with Gasteiger partial charge in [0.25, 0.3) is 5.22 Å². The zero-order valence-electron chi connectivity index (χ0n) is 9.87. The Bertz CT molecular complexity index is 537. The first-order valence-corrected chi connectivity index (χ1v) is 6.23. The Morgan fingerprint density at radius 1 is 1.50 bits per heavy atom. The molecule has 0 aliphatic carbocycles. The highest BCUT2D eigenvalue weighted by molar-refractivity contribution is 7.98. The number of rotatable bonds is 5. The highest BCUT2D eigenvalue weighted by atomic mass is 32.2. The summed E-state index contributed by atoms with van der Waals surface area (Å²) in [6.07, 6.45) is 0. The van der Waals surface area contributed by atoms with Crippen LogP contribution in [0.2, 0.25) is 0 Å². The Morgan fingerprint density at radius 3 is 3.00 bits per heavy atom. The summed E-state index contributed by atoms with van der Waals surface area (Å²) < 4.78 is 14.9. The van der Waals surface area contributed by atoms with Crippen molar-refractivity contribution in [2.75, 3.05) is 6.61 Å². The van der Waals surface area contributed by atoms with Gasteiger partial charge in [-0.25, -0.2) is 4.79 Å². The van der Waals surface area contributed by atoms with Gasteiger partial charge in [-0.3, -0.25) is 0 Å². The van der Waals surface area contributed by atoms with Crippen molar-refractivity contribution < 1.29 is 18.5 Å². The van der Waals surface area contributed by atoms with Crippen LogP contribution >= 0.6 is 11.8 Å². The molecule has 0 saturated heterocycles. The van der Waals surface area contributed by atoms with E-state index in [1.54, 1.807) is 6.92 Å². The van der Waals surface area contributed by atoms with Gasteiger partial charge in [0.15, 0.2) is 0 Å². The zero-order chi connectivity index (χ0) is 13.0. The minimum atomic E-state index is -0.618. The monoisotopic (exact) mass is 269 g/mol. The highest BCUT2D eigenvalue weighted by Gasteiger charge is 2.16. The molecule has 0 radical (unpaired) electrons. The molecule has 0 spiro atoms. The minimum Gasteiger partial charge on any atom is -0.459 e. The molecule has 0 unspecified atom stereocenters. The van der Waals surface area contributed by atoms with E-state index in [-0.39, 0.29) is 17.7 Å². The Balaban J connectivity index is 1.92. The summed E-state index contributed by atoms with van der Waals surface area (Å²) in [5.41, 5.74) is 0.809. The van der Waals surface area contributed by atoms with E-state index in [1.165, 1.54) is 11.8 Å². The van der Waals surface area contributed by atoms with Crippen molar-refractivity contribution in [2.24, 2.45) is 0 Å². The fraction of sp³-hybridized carbons (Fsp3) is 0.400. The van der Waals surface area contributed by atoms with Gasteiger partial charge in [0.2, 0.25) is 0 Å². The van der Waals surface area contributed by atoms with Gasteiger partial charge in [0.05, 0.1) is 18.1 Å². The van der Waals surface area contributed by atoms with Crippen molar-refractivity contribution in [3.63, 3.8) is 0 Å². The second-order valence-electron chi connectivity index (χ2n) is 3.32. The third-order valence-corrected chi connectivity index (χ3v) is 2.71. The largest absolute Gasteiger partial charge is 0.459 e. The molecule has 0 aliphatic heterocycles. The van der Waals surface area contributed by atoms with E-state index in [0.29, 0.717) is 11.5 Å². The molecule has 7 nitrogen and oxygen atoms in total. The molecule has 2 rings (SSSR count). The number of aryl methyl sites for hydroxylation is 1. The van der Waals surface area contributed by atoms with Crippen molar-refractivity contribution in [1.82, 2.24) is 15.4 Å². The standard InChI is InChI=1S/C10H11N3O4S/c1-3-15-9(14)8-11-12-10(16-8)18-5-7-4-6(2)13-17-7/h4H,3,5H2,1-2H3. The summed E-state index contributed by atoms with van der Waals surface area (Å²) >= 11 is 1.26. The first-order valence-electron chi connectivity index (χ1n) is 5.24. The Kier molecular flexibility index (Phi) is 3.98. The SMILES string of the molecule is CCOC(=O)c1nnc(SCc2cc(C)no2)o1. The molecule has 0 N–H and O–H groups in total. The second kappa shape index (κ2) is 5.67. The molecule has 0 bridgehead atoms. The first kappa shape index (κ1) is 12.6. The molecule has 2 aromatic heterocycles. The number of nitrogens with zero attached hydrogens (tertiary/aromatic N) is 3. The number of carbonyl (C=O) groups is 1. The van der Waals surface area contributed by atoms with Crippen LogP contribution in [0.25, 0.3) is 0 Å². The summed E-state index contributed by atoms with van der Waals surface area (Å²) in [5, 5.41) is 11.4. The predicted molar refractivity (Wildman–Crippen MR) is 61.1 cm³/mol. The molecule has 0 saturated carbocycles. The molecule has 8 heteroatoms. The van der Waals surface area contributed by atoms with Crippen molar-refractivity contribution >= 4 is 17.7 Å². The fourth-order valence-electron chi connectivity index (χ4n) is 1.16. The van der Waals surface area contributed by atoms with E-state index in [2.05, 4.69) is 15.4 Å². The van der Waals surface area contributed by atoms with E-state index in [4.69, 9.17) is 13.7 Å². The van der Waals surface area contributed by atoms with Crippen molar-refractivity contribution in [3.8, 4) is 0 Å². The molecule has 0 amide bonds. The molecular weight excluding hydrogens is 258 g/mol. The molecule has 0 atom stereocenters. The molecule has 96 valence electrons. The number of carbonyl (C=O) groups excluding carboxylic acids is 1. The second-order valence-corrected chi connectivity index (χ2v) is 4.24. The lowest BCUT2D eigenvalue weighted by Crippen LogP contribution is -2.04. The number of hydrogen-bond donors (Lipinski definition) is 0. The summed E-state index contributed by atoms with van der Waals surface area (Å²) in [6.45, 7) is 3.81. The van der Waals surface area contributed by atoms with Crippen molar-refractivity contribution in [3.05, 3.63) is 23.4 Å². The number of hydrogen-bond acceptors (Lipinski definition) is 8. The Morgan fingerprint density at radius 2 is 2.33 bits per heavy atom. The van der Waals surface area contributed by atoms with Crippen LogP contribution in [-0.2, 0) is 10.5 Å². The van der Waals surface area contributed by atoms with Gasteiger partial charge in [-0.1, -0.05) is 22.0 Å². The highest BCUT2D eigenvalue weighted by Crippen LogP contribution is 2.21. The van der Waals surface area contributed by atoms with E-state index in [9.17, 15) is 4.79 Å². The van der Waals surface area contributed by atoms with Crippen molar-refractivity contribution in [1.29, 1.82) is 0 Å². The van der Waals surface area contributed by atoms with E-state index < -0.39 is 5.97 Å². The average Bonchev–Trinajstić information content (AvgIpc) is 2.95.